The Morgan fingerprint density at radius 1 is 1.30 bits per heavy atom. The van der Waals surface area contributed by atoms with Crippen LogP contribution in [0.5, 0.6) is 0 Å². The number of nitrogens with two attached hydrogens (primary N) is 1. The van der Waals surface area contributed by atoms with Gasteiger partial charge in [-0.3, -0.25) is 0 Å². The van der Waals surface area contributed by atoms with Crippen molar-refractivity contribution in [3.8, 4) is 0 Å². The Kier molecular flexibility index (Phi) is 1.89. The minimum Gasteiger partial charge on any atom is -0.398 e. The molecule has 1 rings (SSSR count). The van der Waals surface area contributed by atoms with Crippen molar-refractivity contribution in [2.45, 2.75) is 0 Å². The normalized spacial score (nSPS) is 9.90. The molecule has 0 bridgehead atoms. The molecule has 0 spiro atoms. The average molecular weight is 208 g/mol. The Morgan fingerprint density at radius 2 is 1.90 bits per heavy atom. The van der Waals surface area contributed by atoms with Gasteiger partial charge in [0.1, 0.15) is 0 Å². The van der Waals surface area contributed by atoms with Crippen LogP contribution < -0.4 is 5.73 Å². The van der Waals surface area contributed by atoms with Crippen LogP contribution in [0.25, 0.3) is 0 Å². The zero-order chi connectivity index (χ0) is 7.72. The topological polar surface area (TPSA) is 26.0 Å². The summed E-state index contributed by atoms with van der Waals surface area (Å²) in [5, 5.41) is 0. The Hall–Kier alpha value is -0.640. The van der Waals surface area contributed by atoms with E-state index in [-0.39, 0.29) is 10.2 Å². The van der Waals surface area contributed by atoms with E-state index in [0.717, 1.165) is 6.07 Å². The van der Waals surface area contributed by atoms with E-state index in [9.17, 15) is 8.78 Å². The molecule has 2 N–H and O–H groups in total. The maximum Gasteiger partial charge on any atom is 0.175 e. The Balaban J connectivity index is 3.34. The summed E-state index contributed by atoms with van der Waals surface area (Å²) < 4.78 is 24.8. The van der Waals surface area contributed by atoms with Gasteiger partial charge in [-0.25, -0.2) is 8.78 Å². The van der Waals surface area contributed by atoms with E-state index in [0.29, 0.717) is 0 Å². The Morgan fingerprint density at radius 3 is 2.40 bits per heavy atom. The first-order chi connectivity index (χ1) is 4.63. The van der Waals surface area contributed by atoms with Gasteiger partial charge in [-0.1, -0.05) is 0 Å². The summed E-state index contributed by atoms with van der Waals surface area (Å²) >= 11 is 2.79. The van der Waals surface area contributed by atoms with E-state index in [1.807, 2.05) is 0 Å². The fourth-order valence-electron chi connectivity index (χ4n) is 0.541. The molecule has 4 heteroatoms. The van der Waals surface area contributed by atoms with E-state index in [1.165, 1.54) is 6.07 Å². The molecule has 0 amide bonds. The molecule has 54 valence electrons. The summed E-state index contributed by atoms with van der Waals surface area (Å²) in [5.41, 5.74) is 5.43. The summed E-state index contributed by atoms with van der Waals surface area (Å²) in [6, 6.07) is 2.28. The highest BCUT2D eigenvalue weighted by atomic mass is 79.9. The highest BCUT2D eigenvalue weighted by molar-refractivity contribution is 9.10. The molecule has 0 aliphatic rings. The molecule has 1 nitrogen and oxygen atoms in total. The third-order valence-electron chi connectivity index (χ3n) is 1.07. The van der Waals surface area contributed by atoms with Crippen LogP contribution in [0.1, 0.15) is 0 Å². The molecule has 0 fully saturated rings. The van der Waals surface area contributed by atoms with Crippen LogP contribution in [0.4, 0.5) is 14.5 Å². The number of hydrogen-bond donors (Lipinski definition) is 1. The van der Waals surface area contributed by atoms with Crippen molar-refractivity contribution in [3.05, 3.63) is 28.2 Å². The van der Waals surface area contributed by atoms with Crippen molar-refractivity contribution in [1.82, 2.24) is 0 Å². The first-order valence-electron chi connectivity index (χ1n) is 2.52. The second-order valence-corrected chi connectivity index (χ2v) is 2.56. The lowest BCUT2D eigenvalue weighted by Crippen LogP contribution is -1.92. The summed E-state index contributed by atoms with van der Waals surface area (Å²) in [4.78, 5) is 0. The van der Waals surface area contributed by atoms with Gasteiger partial charge in [0.05, 0.1) is 4.47 Å². The molecule has 0 unspecified atom stereocenters. The van der Waals surface area contributed by atoms with E-state index in [1.54, 1.807) is 0 Å². The Labute approximate surface area is 65.0 Å². The summed E-state index contributed by atoms with van der Waals surface area (Å²) in [6.45, 7) is 0. The lowest BCUT2D eigenvalue weighted by Gasteiger charge is -1.98. The lowest BCUT2D eigenvalue weighted by atomic mass is 10.3. The van der Waals surface area contributed by atoms with E-state index in [2.05, 4.69) is 15.9 Å². The predicted octanol–water partition coefficient (Wildman–Crippen LogP) is 2.31. The van der Waals surface area contributed by atoms with Gasteiger partial charge in [-0.2, -0.15) is 0 Å². The van der Waals surface area contributed by atoms with Gasteiger partial charge < -0.3 is 5.73 Å². The molecule has 0 saturated heterocycles. The van der Waals surface area contributed by atoms with Crippen LogP contribution in [-0.4, -0.2) is 0 Å². The quantitative estimate of drug-likeness (QED) is 0.513. The first kappa shape index (κ1) is 7.47. The third kappa shape index (κ3) is 1.11. The molecule has 0 atom stereocenters. The summed E-state index contributed by atoms with van der Waals surface area (Å²) in [5.74, 6) is -1.85. The standard InChI is InChI=1S/C6H4BrF2N/c7-5-4(10)2-1-3(8)6(5)9/h1-2H,10H2. The van der Waals surface area contributed by atoms with Crippen molar-refractivity contribution in [2.75, 3.05) is 5.73 Å². The van der Waals surface area contributed by atoms with Gasteiger partial charge in [-0.05, 0) is 28.1 Å². The number of anilines is 1. The molecular formula is C6H4BrF2N. The monoisotopic (exact) mass is 207 g/mol. The zero-order valence-electron chi connectivity index (χ0n) is 4.87. The zero-order valence-corrected chi connectivity index (χ0v) is 6.45. The molecule has 0 aromatic heterocycles. The predicted molar refractivity (Wildman–Crippen MR) is 38.5 cm³/mol. The number of nitrogen functional groups attached to an aromatic ring is 1. The third-order valence-corrected chi connectivity index (χ3v) is 1.87. The molecule has 0 saturated carbocycles. The Bertz CT molecular complexity index is 235. The van der Waals surface area contributed by atoms with Gasteiger partial charge in [0.2, 0.25) is 0 Å². The molecule has 0 heterocycles. The second-order valence-electron chi connectivity index (χ2n) is 1.76. The fraction of sp³-hybridized carbons (Fsp3) is 0. The van der Waals surface area contributed by atoms with Crippen molar-refractivity contribution >= 4 is 21.6 Å². The van der Waals surface area contributed by atoms with Crippen LogP contribution in [0.2, 0.25) is 0 Å². The average Bonchev–Trinajstić information content (AvgIpc) is 1.93. The minimum absolute atomic E-state index is 0.0208. The van der Waals surface area contributed by atoms with Gasteiger partial charge in [0.15, 0.2) is 11.6 Å². The molecular weight excluding hydrogens is 204 g/mol. The smallest absolute Gasteiger partial charge is 0.175 e. The SMILES string of the molecule is Nc1ccc(F)c(F)c1Br. The molecule has 0 radical (unpaired) electrons. The van der Waals surface area contributed by atoms with Gasteiger partial charge in [0, 0.05) is 5.69 Å². The van der Waals surface area contributed by atoms with Crippen molar-refractivity contribution in [2.24, 2.45) is 0 Å². The van der Waals surface area contributed by atoms with E-state index in [4.69, 9.17) is 5.73 Å². The summed E-state index contributed by atoms with van der Waals surface area (Å²) in [7, 11) is 0. The molecule has 0 aliphatic heterocycles. The second kappa shape index (κ2) is 2.54. The van der Waals surface area contributed by atoms with Gasteiger partial charge >= 0.3 is 0 Å². The van der Waals surface area contributed by atoms with E-state index >= 15 is 0 Å². The highest BCUT2D eigenvalue weighted by Crippen LogP contribution is 2.24. The number of halogens is 3. The van der Waals surface area contributed by atoms with Crippen molar-refractivity contribution < 1.29 is 8.78 Å². The largest absolute Gasteiger partial charge is 0.398 e. The maximum absolute atomic E-state index is 12.5. The number of rotatable bonds is 0. The summed E-state index contributed by atoms with van der Waals surface area (Å²) in [6.07, 6.45) is 0. The maximum atomic E-state index is 12.5. The number of hydrogen-bond acceptors (Lipinski definition) is 1. The molecule has 1 aromatic rings. The van der Waals surface area contributed by atoms with Crippen molar-refractivity contribution in [3.63, 3.8) is 0 Å². The van der Waals surface area contributed by atoms with Crippen LogP contribution in [0.3, 0.4) is 0 Å². The first-order valence-corrected chi connectivity index (χ1v) is 3.31. The number of benzene rings is 1. The van der Waals surface area contributed by atoms with E-state index < -0.39 is 11.6 Å². The van der Waals surface area contributed by atoms with Crippen LogP contribution in [-0.2, 0) is 0 Å². The van der Waals surface area contributed by atoms with Gasteiger partial charge in [0.25, 0.3) is 0 Å². The van der Waals surface area contributed by atoms with Crippen LogP contribution in [0.15, 0.2) is 16.6 Å². The van der Waals surface area contributed by atoms with Crippen molar-refractivity contribution in [1.29, 1.82) is 0 Å². The molecule has 1 aromatic carbocycles. The van der Waals surface area contributed by atoms with Gasteiger partial charge in [-0.15, -0.1) is 0 Å². The molecule has 0 aliphatic carbocycles. The molecule has 10 heavy (non-hydrogen) atoms. The fourth-order valence-corrected chi connectivity index (χ4v) is 0.862. The van der Waals surface area contributed by atoms with Crippen LogP contribution in [0, 0.1) is 11.6 Å². The lowest BCUT2D eigenvalue weighted by molar-refractivity contribution is 0.505. The minimum atomic E-state index is -0.944. The highest BCUT2D eigenvalue weighted by Gasteiger charge is 2.07. The van der Waals surface area contributed by atoms with Crippen LogP contribution >= 0.6 is 15.9 Å².